The molecule has 0 aliphatic carbocycles. The molecule has 0 saturated carbocycles. The Morgan fingerprint density at radius 1 is 1.24 bits per heavy atom. The molecule has 0 aromatic carbocycles. The summed E-state index contributed by atoms with van der Waals surface area (Å²) in [5, 5.41) is 3.24. The summed E-state index contributed by atoms with van der Waals surface area (Å²) in [5.74, 6) is 0.721. The molecule has 2 aromatic heterocycles. The van der Waals surface area contributed by atoms with E-state index < -0.39 is 0 Å². The van der Waals surface area contributed by atoms with E-state index in [1.807, 2.05) is 28.9 Å². The molecule has 0 radical (unpaired) electrons. The average Bonchev–Trinajstić information content (AvgIpc) is 2.89. The summed E-state index contributed by atoms with van der Waals surface area (Å²) < 4.78 is 2.03. The van der Waals surface area contributed by atoms with E-state index in [1.54, 1.807) is 0 Å². The van der Waals surface area contributed by atoms with E-state index in [0.717, 1.165) is 17.6 Å². The number of carbonyl (C=O) groups excluding carboxylic acids is 1. The Hall–Kier alpha value is -1.81. The minimum absolute atomic E-state index is 0.0574. The third kappa shape index (κ3) is 2.23. The number of aryl methyl sites for hydroxylation is 1. The molecule has 5 heterocycles. The van der Waals surface area contributed by atoms with Crippen LogP contribution in [0.2, 0.25) is 0 Å². The molecule has 2 bridgehead atoms. The maximum absolute atomic E-state index is 12.5. The molecular weight excluding hydrogens is 262 g/mol. The summed E-state index contributed by atoms with van der Waals surface area (Å²) in [6.07, 6.45) is 6.39. The van der Waals surface area contributed by atoms with Crippen molar-refractivity contribution in [1.29, 1.82) is 0 Å². The maximum atomic E-state index is 12.5. The molecule has 110 valence electrons. The van der Waals surface area contributed by atoms with Gasteiger partial charge < -0.3 is 14.6 Å². The zero-order valence-electron chi connectivity index (χ0n) is 12.4. The van der Waals surface area contributed by atoms with Gasteiger partial charge in [-0.15, -0.1) is 0 Å². The maximum Gasteiger partial charge on any atom is 0.253 e. The van der Waals surface area contributed by atoms with E-state index in [4.69, 9.17) is 0 Å². The van der Waals surface area contributed by atoms with Gasteiger partial charge in [0, 0.05) is 30.5 Å². The van der Waals surface area contributed by atoms with Crippen LogP contribution in [0.15, 0.2) is 30.6 Å². The highest BCUT2D eigenvalue weighted by molar-refractivity contribution is 5.94. The molecular formula is C17H21N3O. The van der Waals surface area contributed by atoms with Gasteiger partial charge in [-0.05, 0) is 62.5 Å². The number of amides is 1. The highest BCUT2D eigenvalue weighted by atomic mass is 16.1. The number of hydrogen-bond acceptors (Lipinski definition) is 2. The number of pyridine rings is 1. The van der Waals surface area contributed by atoms with Gasteiger partial charge in [0.1, 0.15) is 0 Å². The zero-order chi connectivity index (χ0) is 14.4. The molecule has 4 heteroatoms. The van der Waals surface area contributed by atoms with Crippen molar-refractivity contribution in [3.05, 3.63) is 41.7 Å². The summed E-state index contributed by atoms with van der Waals surface area (Å²) in [7, 11) is 0. The predicted octanol–water partition coefficient (Wildman–Crippen LogP) is 2.07. The lowest BCUT2D eigenvalue weighted by atomic mass is 9.84. The lowest BCUT2D eigenvalue weighted by Crippen LogP contribution is -2.57. The highest BCUT2D eigenvalue weighted by Gasteiger charge is 2.34. The minimum atomic E-state index is 0.0574. The summed E-state index contributed by atoms with van der Waals surface area (Å²) in [6.45, 7) is 5.50. The van der Waals surface area contributed by atoms with Crippen LogP contribution in [0.25, 0.3) is 5.52 Å². The van der Waals surface area contributed by atoms with Gasteiger partial charge in [0.15, 0.2) is 0 Å². The number of nitrogens with zero attached hydrogens (tertiary/aromatic N) is 2. The van der Waals surface area contributed by atoms with E-state index in [2.05, 4.69) is 23.2 Å². The van der Waals surface area contributed by atoms with Crippen molar-refractivity contribution in [1.82, 2.24) is 14.6 Å². The Labute approximate surface area is 124 Å². The molecule has 4 nitrogen and oxygen atoms in total. The van der Waals surface area contributed by atoms with Crippen molar-refractivity contribution < 1.29 is 4.79 Å². The first-order chi connectivity index (χ1) is 10.2. The summed E-state index contributed by atoms with van der Waals surface area (Å²) >= 11 is 0. The number of nitrogens with one attached hydrogen (secondary N) is 1. The number of carbonyl (C=O) groups is 1. The van der Waals surface area contributed by atoms with Crippen LogP contribution in [-0.2, 0) is 0 Å². The Kier molecular flexibility index (Phi) is 3.00. The molecule has 3 aliphatic rings. The summed E-state index contributed by atoms with van der Waals surface area (Å²) in [6, 6.07) is 6.35. The van der Waals surface area contributed by atoms with Crippen molar-refractivity contribution in [2.75, 3.05) is 19.6 Å². The van der Waals surface area contributed by atoms with Crippen LogP contribution in [0.1, 0.15) is 28.8 Å². The normalized spacial score (nSPS) is 28.0. The van der Waals surface area contributed by atoms with E-state index in [0.29, 0.717) is 12.0 Å². The standard InChI is InChI=1S/C17H21N3O/c1-12-4-9-20-10-14(2-3-16(12)20)17(21)18-15-11-19-7-5-13(15)6-8-19/h2-4,9-10,13,15H,5-8,11H2,1H3,(H,18,21)/t15-/m0/s1. The van der Waals surface area contributed by atoms with Gasteiger partial charge in [0.2, 0.25) is 0 Å². The number of piperidine rings is 3. The van der Waals surface area contributed by atoms with Crippen molar-refractivity contribution in [3.63, 3.8) is 0 Å². The third-order valence-corrected chi connectivity index (χ3v) is 5.10. The molecule has 5 rings (SSSR count). The Morgan fingerprint density at radius 2 is 2.05 bits per heavy atom. The minimum Gasteiger partial charge on any atom is -0.348 e. The predicted molar refractivity (Wildman–Crippen MR) is 82.6 cm³/mol. The second-order valence-corrected chi connectivity index (χ2v) is 6.43. The number of hydrogen-bond donors (Lipinski definition) is 1. The van der Waals surface area contributed by atoms with Gasteiger partial charge in [-0.1, -0.05) is 0 Å². The van der Waals surface area contributed by atoms with Gasteiger partial charge >= 0.3 is 0 Å². The second kappa shape index (κ2) is 4.88. The smallest absolute Gasteiger partial charge is 0.253 e. The van der Waals surface area contributed by atoms with Crippen molar-refractivity contribution in [3.8, 4) is 0 Å². The van der Waals surface area contributed by atoms with Crippen LogP contribution >= 0.6 is 0 Å². The van der Waals surface area contributed by atoms with E-state index in [1.165, 1.54) is 31.5 Å². The third-order valence-electron chi connectivity index (χ3n) is 5.10. The van der Waals surface area contributed by atoms with E-state index >= 15 is 0 Å². The number of rotatable bonds is 2. The molecule has 2 aromatic rings. The topological polar surface area (TPSA) is 36.8 Å². The Bertz CT molecular complexity index is 682. The van der Waals surface area contributed by atoms with Crippen molar-refractivity contribution in [2.24, 2.45) is 5.92 Å². The molecule has 0 unspecified atom stereocenters. The molecule has 21 heavy (non-hydrogen) atoms. The lowest BCUT2D eigenvalue weighted by Gasteiger charge is -2.44. The van der Waals surface area contributed by atoms with Crippen LogP contribution in [0.3, 0.4) is 0 Å². The largest absolute Gasteiger partial charge is 0.348 e. The van der Waals surface area contributed by atoms with Crippen LogP contribution in [-0.4, -0.2) is 40.9 Å². The second-order valence-electron chi connectivity index (χ2n) is 6.43. The van der Waals surface area contributed by atoms with Gasteiger partial charge in [-0.25, -0.2) is 0 Å². The van der Waals surface area contributed by atoms with Crippen LogP contribution in [0.4, 0.5) is 0 Å². The summed E-state index contributed by atoms with van der Waals surface area (Å²) in [4.78, 5) is 15.0. The summed E-state index contributed by atoms with van der Waals surface area (Å²) in [5.41, 5.74) is 3.14. The fourth-order valence-corrected chi connectivity index (χ4v) is 3.77. The van der Waals surface area contributed by atoms with Crippen LogP contribution in [0, 0.1) is 12.8 Å². The Morgan fingerprint density at radius 3 is 2.76 bits per heavy atom. The fourth-order valence-electron chi connectivity index (χ4n) is 3.77. The first kappa shape index (κ1) is 12.9. The van der Waals surface area contributed by atoms with Crippen LogP contribution in [0.5, 0.6) is 0 Å². The first-order valence-electron chi connectivity index (χ1n) is 7.81. The first-order valence-corrected chi connectivity index (χ1v) is 7.81. The zero-order valence-corrected chi connectivity index (χ0v) is 12.4. The monoisotopic (exact) mass is 283 g/mol. The molecule has 3 aliphatic heterocycles. The van der Waals surface area contributed by atoms with E-state index in [9.17, 15) is 4.79 Å². The SMILES string of the molecule is Cc1ccn2cc(C(=O)N[C@H]3CN4CCC3CC4)ccc12. The fraction of sp³-hybridized carbons (Fsp3) is 0.471. The average molecular weight is 283 g/mol. The lowest BCUT2D eigenvalue weighted by molar-refractivity contribution is 0.0620. The molecule has 3 saturated heterocycles. The van der Waals surface area contributed by atoms with Crippen molar-refractivity contribution >= 4 is 11.4 Å². The van der Waals surface area contributed by atoms with Gasteiger partial charge in [-0.3, -0.25) is 4.79 Å². The van der Waals surface area contributed by atoms with Gasteiger partial charge in [-0.2, -0.15) is 0 Å². The van der Waals surface area contributed by atoms with Gasteiger partial charge in [0.05, 0.1) is 5.56 Å². The molecule has 1 atom stereocenters. The number of fused-ring (bicyclic) bond motifs is 4. The molecule has 1 amide bonds. The van der Waals surface area contributed by atoms with E-state index in [-0.39, 0.29) is 5.91 Å². The quantitative estimate of drug-likeness (QED) is 0.916. The Balaban J connectivity index is 1.53. The highest BCUT2D eigenvalue weighted by Crippen LogP contribution is 2.27. The van der Waals surface area contributed by atoms with Crippen LogP contribution < -0.4 is 5.32 Å². The van der Waals surface area contributed by atoms with Crippen molar-refractivity contribution in [2.45, 2.75) is 25.8 Å². The molecule has 0 spiro atoms. The molecule has 3 fully saturated rings. The molecule has 1 N–H and O–H groups in total. The number of aromatic nitrogens is 1. The van der Waals surface area contributed by atoms with Gasteiger partial charge in [0.25, 0.3) is 5.91 Å².